The van der Waals surface area contributed by atoms with Gasteiger partial charge in [0.25, 0.3) is 0 Å². The number of amides is 1. The Hall–Kier alpha value is -2.41. The summed E-state index contributed by atoms with van der Waals surface area (Å²) in [5, 5.41) is 29.8. The summed E-state index contributed by atoms with van der Waals surface area (Å²) in [6, 6.07) is 8.76. The van der Waals surface area contributed by atoms with Crippen LogP contribution in [-0.4, -0.2) is 39.7 Å². The molecule has 0 saturated heterocycles. The molecule has 0 fully saturated rings. The van der Waals surface area contributed by atoms with Crippen molar-refractivity contribution in [3.8, 4) is 0 Å². The normalized spacial score (nSPS) is 11.9. The zero-order chi connectivity index (χ0) is 16.5. The van der Waals surface area contributed by atoms with Crippen LogP contribution in [0, 0.1) is 5.92 Å². The van der Waals surface area contributed by atoms with E-state index in [1.165, 1.54) is 0 Å². The zero-order valence-electron chi connectivity index (χ0n) is 11.9. The molecule has 0 aromatic heterocycles. The molecule has 0 aliphatic rings. The average molecular weight is 309 g/mol. The van der Waals surface area contributed by atoms with Crippen LogP contribution in [0.15, 0.2) is 30.3 Å². The van der Waals surface area contributed by atoms with Crippen LogP contribution in [0.3, 0.4) is 0 Å². The Morgan fingerprint density at radius 1 is 0.955 bits per heavy atom. The van der Waals surface area contributed by atoms with Crippen LogP contribution in [0.5, 0.6) is 0 Å². The van der Waals surface area contributed by atoms with Gasteiger partial charge >= 0.3 is 11.9 Å². The lowest BCUT2D eigenvalue weighted by Gasteiger charge is -2.15. The number of carboxylic acids is 2. The van der Waals surface area contributed by atoms with E-state index in [2.05, 4.69) is 5.32 Å². The maximum absolute atomic E-state index is 11.7. The summed E-state index contributed by atoms with van der Waals surface area (Å²) in [4.78, 5) is 33.1. The number of rotatable bonds is 9. The van der Waals surface area contributed by atoms with E-state index >= 15 is 0 Å². The Morgan fingerprint density at radius 3 is 2.00 bits per heavy atom. The van der Waals surface area contributed by atoms with E-state index in [0.717, 1.165) is 0 Å². The lowest BCUT2D eigenvalue weighted by Crippen LogP contribution is -2.30. The van der Waals surface area contributed by atoms with Crippen LogP contribution in [-0.2, 0) is 14.4 Å². The van der Waals surface area contributed by atoms with Gasteiger partial charge in [0, 0.05) is 25.8 Å². The van der Waals surface area contributed by atoms with Gasteiger partial charge in [-0.1, -0.05) is 30.3 Å². The number of nitrogens with one attached hydrogen (secondary N) is 1. The first kappa shape index (κ1) is 17.6. The molecule has 0 bridgehead atoms. The molecule has 0 heterocycles. The third-order valence-electron chi connectivity index (χ3n) is 3.08. The van der Waals surface area contributed by atoms with E-state index in [0.29, 0.717) is 5.56 Å². The molecule has 1 unspecified atom stereocenters. The quantitative estimate of drug-likeness (QED) is 0.534. The van der Waals surface area contributed by atoms with Crippen LogP contribution in [0.2, 0.25) is 0 Å². The minimum absolute atomic E-state index is 0.0181. The van der Waals surface area contributed by atoms with Crippen LogP contribution in [0.25, 0.3) is 0 Å². The first-order valence-electron chi connectivity index (χ1n) is 6.81. The maximum atomic E-state index is 11.7. The number of benzene rings is 1. The molecule has 1 amide bonds. The van der Waals surface area contributed by atoms with Crippen molar-refractivity contribution < 1.29 is 29.7 Å². The van der Waals surface area contributed by atoms with Crippen LogP contribution >= 0.6 is 0 Å². The highest BCUT2D eigenvalue weighted by Gasteiger charge is 2.20. The van der Waals surface area contributed by atoms with Gasteiger partial charge in [-0.25, -0.2) is 0 Å². The predicted molar refractivity (Wildman–Crippen MR) is 77.0 cm³/mol. The highest BCUT2D eigenvalue weighted by Crippen LogP contribution is 2.15. The van der Waals surface area contributed by atoms with Crippen molar-refractivity contribution in [2.24, 2.45) is 5.92 Å². The second kappa shape index (κ2) is 8.78. The summed E-state index contributed by atoms with van der Waals surface area (Å²) in [6.45, 7) is -0.0181. The Labute approximate surface area is 127 Å². The van der Waals surface area contributed by atoms with Crippen molar-refractivity contribution in [2.45, 2.75) is 25.4 Å². The number of aliphatic carboxylic acids is 2. The van der Waals surface area contributed by atoms with Crippen molar-refractivity contribution in [3.05, 3.63) is 35.9 Å². The van der Waals surface area contributed by atoms with Gasteiger partial charge in [-0.15, -0.1) is 0 Å². The predicted octanol–water partition coefficient (Wildman–Crippen LogP) is 0.792. The highest BCUT2D eigenvalue weighted by molar-refractivity contribution is 5.78. The number of carbonyl (C=O) groups excluding carboxylic acids is 1. The third kappa shape index (κ3) is 6.85. The topological polar surface area (TPSA) is 124 Å². The largest absolute Gasteiger partial charge is 0.481 e. The molecule has 1 aromatic rings. The number of aliphatic hydroxyl groups is 1. The standard InChI is InChI=1S/C15H19NO6/c17-12(11-4-2-1-3-5-11)9-16-13(18)6-10(7-14(19)20)8-15(21)22/h1-5,10,12,17H,6-9H2,(H,16,18)(H,19,20)(H,21,22). The lowest BCUT2D eigenvalue weighted by molar-refractivity contribution is -0.140. The fraction of sp³-hybridized carbons (Fsp3) is 0.400. The summed E-state index contributed by atoms with van der Waals surface area (Å²) in [5.74, 6) is -3.56. The van der Waals surface area contributed by atoms with Crippen LogP contribution < -0.4 is 5.32 Å². The van der Waals surface area contributed by atoms with E-state index in [1.807, 2.05) is 0 Å². The summed E-state index contributed by atoms with van der Waals surface area (Å²) < 4.78 is 0. The summed E-state index contributed by atoms with van der Waals surface area (Å²) in [7, 11) is 0. The number of aliphatic hydroxyl groups excluding tert-OH is 1. The molecule has 1 rings (SSSR count). The number of hydrogen-bond donors (Lipinski definition) is 4. The van der Waals surface area contributed by atoms with E-state index in [9.17, 15) is 19.5 Å². The monoisotopic (exact) mass is 309 g/mol. The molecule has 7 nitrogen and oxygen atoms in total. The minimum atomic E-state index is -1.15. The number of hydrogen-bond acceptors (Lipinski definition) is 4. The molecule has 0 radical (unpaired) electrons. The van der Waals surface area contributed by atoms with Gasteiger partial charge in [-0.3, -0.25) is 14.4 Å². The minimum Gasteiger partial charge on any atom is -0.481 e. The Kier molecular flexibility index (Phi) is 7.04. The molecule has 7 heteroatoms. The van der Waals surface area contributed by atoms with Gasteiger partial charge in [0.1, 0.15) is 0 Å². The summed E-state index contributed by atoms with van der Waals surface area (Å²) in [6.07, 6.45) is -1.86. The summed E-state index contributed by atoms with van der Waals surface area (Å²) >= 11 is 0. The Morgan fingerprint density at radius 2 is 1.50 bits per heavy atom. The third-order valence-corrected chi connectivity index (χ3v) is 3.08. The second-order valence-electron chi connectivity index (χ2n) is 5.00. The molecular formula is C15H19NO6. The second-order valence-corrected chi connectivity index (χ2v) is 5.00. The van der Waals surface area contributed by atoms with Crippen molar-refractivity contribution >= 4 is 17.8 Å². The first-order chi connectivity index (χ1) is 10.4. The molecule has 22 heavy (non-hydrogen) atoms. The van der Waals surface area contributed by atoms with Crippen molar-refractivity contribution in [3.63, 3.8) is 0 Å². The van der Waals surface area contributed by atoms with E-state index in [4.69, 9.17) is 10.2 Å². The Balaban J connectivity index is 2.46. The SMILES string of the molecule is O=C(O)CC(CC(=O)O)CC(=O)NCC(O)c1ccccc1. The van der Waals surface area contributed by atoms with Gasteiger partial charge in [0.2, 0.25) is 5.91 Å². The maximum Gasteiger partial charge on any atom is 0.303 e. The van der Waals surface area contributed by atoms with Gasteiger partial charge in [0.15, 0.2) is 0 Å². The van der Waals surface area contributed by atoms with Crippen LogP contribution in [0.1, 0.15) is 30.9 Å². The smallest absolute Gasteiger partial charge is 0.303 e. The summed E-state index contributed by atoms with van der Waals surface area (Å²) in [5.41, 5.74) is 0.649. The molecule has 0 aliphatic carbocycles. The lowest BCUT2D eigenvalue weighted by atomic mass is 9.97. The molecule has 4 N–H and O–H groups in total. The number of carbonyl (C=O) groups is 3. The van der Waals surface area contributed by atoms with Gasteiger partial charge in [0.05, 0.1) is 6.10 Å². The molecule has 120 valence electrons. The molecule has 0 saturated carbocycles. The van der Waals surface area contributed by atoms with Gasteiger partial charge in [-0.2, -0.15) is 0 Å². The van der Waals surface area contributed by atoms with E-state index in [1.54, 1.807) is 30.3 Å². The molecule has 0 aliphatic heterocycles. The number of carboxylic acid groups (broad SMARTS) is 2. The molecule has 0 spiro atoms. The highest BCUT2D eigenvalue weighted by atomic mass is 16.4. The molecular weight excluding hydrogens is 290 g/mol. The zero-order valence-corrected chi connectivity index (χ0v) is 11.9. The molecule has 1 atom stereocenters. The fourth-order valence-corrected chi connectivity index (χ4v) is 2.05. The fourth-order valence-electron chi connectivity index (χ4n) is 2.05. The first-order valence-corrected chi connectivity index (χ1v) is 6.81. The van der Waals surface area contributed by atoms with Crippen molar-refractivity contribution in [1.82, 2.24) is 5.32 Å². The average Bonchev–Trinajstić information content (AvgIpc) is 2.44. The van der Waals surface area contributed by atoms with Gasteiger partial charge in [-0.05, 0) is 11.5 Å². The van der Waals surface area contributed by atoms with Gasteiger partial charge < -0.3 is 20.6 Å². The Bertz CT molecular complexity index is 500. The van der Waals surface area contributed by atoms with Crippen LogP contribution in [0.4, 0.5) is 0 Å². The van der Waals surface area contributed by atoms with Crippen molar-refractivity contribution in [2.75, 3.05) is 6.54 Å². The van der Waals surface area contributed by atoms with E-state index in [-0.39, 0.29) is 25.8 Å². The van der Waals surface area contributed by atoms with Crippen molar-refractivity contribution in [1.29, 1.82) is 0 Å². The molecule has 1 aromatic carbocycles. The van der Waals surface area contributed by atoms with E-state index < -0.39 is 29.9 Å².